The SMILES string of the molecule is NSC1CNCCO1. The van der Waals surface area contributed by atoms with Crippen LogP contribution in [0.25, 0.3) is 0 Å². The van der Waals surface area contributed by atoms with E-state index in [-0.39, 0.29) is 5.44 Å². The van der Waals surface area contributed by atoms with Gasteiger partial charge in [-0.2, -0.15) is 0 Å². The van der Waals surface area contributed by atoms with Crippen molar-refractivity contribution < 1.29 is 4.74 Å². The molecule has 48 valence electrons. The van der Waals surface area contributed by atoms with Crippen molar-refractivity contribution >= 4 is 11.9 Å². The summed E-state index contributed by atoms with van der Waals surface area (Å²) < 4.78 is 5.20. The van der Waals surface area contributed by atoms with Gasteiger partial charge in [-0.05, 0) is 0 Å². The second-order valence-corrected chi connectivity index (χ2v) is 2.44. The maximum absolute atomic E-state index is 5.25. The van der Waals surface area contributed by atoms with Crippen molar-refractivity contribution in [3.05, 3.63) is 0 Å². The molecule has 0 aliphatic carbocycles. The fraction of sp³-hybridized carbons (Fsp3) is 1.00. The van der Waals surface area contributed by atoms with E-state index in [2.05, 4.69) is 5.32 Å². The normalized spacial score (nSPS) is 30.4. The molecule has 0 radical (unpaired) electrons. The molecule has 1 fully saturated rings. The van der Waals surface area contributed by atoms with Crippen LogP contribution < -0.4 is 10.5 Å². The number of hydrogen-bond donors (Lipinski definition) is 2. The van der Waals surface area contributed by atoms with Gasteiger partial charge in [-0.25, -0.2) is 0 Å². The van der Waals surface area contributed by atoms with Crippen molar-refractivity contribution in [3.8, 4) is 0 Å². The molecule has 0 aromatic carbocycles. The fourth-order valence-corrected chi connectivity index (χ4v) is 1.02. The second-order valence-electron chi connectivity index (χ2n) is 1.64. The van der Waals surface area contributed by atoms with E-state index in [1.54, 1.807) is 0 Å². The standard InChI is InChI=1S/C4H10N2OS/c5-8-4-3-6-1-2-7-4/h4,6H,1-3,5H2. The summed E-state index contributed by atoms with van der Waals surface area (Å²) in [5, 5.41) is 8.41. The first kappa shape index (κ1) is 6.35. The van der Waals surface area contributed by atoms with E-state index in [0.717, 1.165) is 19.7 Å². The summed E-state index contributed by atoms with van der Waals surface area (Å²) >= 11 is 1.26. The molecule has 0 aromatic rings. The van der Waals surface area contributed by atoms with Crippen LogP contribution in [0.2, 0.25) is 0 Å². The zero-order chi connectivity index (χ0) is 5.82. The number of hydrogen-bond acceptors (Lipinski definition) is 4. The number of morpholine rings is 1. The van der Waals surface area contributed by atoms with Crippen molar-refractivity contribution in [2.75, 3.05) is 19.7 Å². The quantitative estimate of drug-likeness (QED) is 0.476. The molecule has 4 heteroatoms. The number of ether oxygens (including phenoxy) is 1. The third kappa shape index (κ3) is 1.63. The maximum atomic E-state index is 5.25. The highest BCUT2D eigenvalue weighted by atomic mass is 32.2. The van der Waals surface area contributed by atoms with Crippen LogP contribution >= 0.6 is 11.9 Å². The van der Waals surface area contributed by atoms with Gasteiger partial charge in [0, 0.05) is 13.1 Å². The molecule has 1 saturated heterocycles. The van der Waals surface area contributed by atoms with Crippen molar-refractivity contribution in [2.45, 2.75) is 5.44 Å². The van der Waals surface area contributed by atoms with Crippen molar-refractivity contribution in [1.29, 1.82) is 0 Å². The summed E-state index contributed by atoms with van der Waals surface area (Å²) in [6.07, 6.45) is 0. The lowest BCUT2D eigenvalue weighted by molar-refractivity contribution is 0.0853. The Morgan fingerprint density at radius 2 is 2.62 bits per heavy atom. The van der Waals surface area contributed by atoms with Crippen LogP contribution in [0, 0.1) is 0 Å². The fourth-order valence-electron chi connectivity index (χ4n) is 0.629. The first-order chi connectivity index (χ1) is 3.93. The van der Waals surface area contributed by atoms with Gasteiger partial charge in [0.25, 0.3) is 0 Å². The molecule has 1 unspecified atom stereocenters. The van der Waals surface area contributed by atoms with E-state index in [9.17, 15) is 0 Å². The van der Waals surface area contributed by atoms with Gasteiger partial charge in [0.05, 0.1) is 6.61 Å². The lowest BCUT2D eigenvalue weighted by Crippen LogP contribution is -2.37. The summed E-state index contributed by atoms with van der Waals surface area (Å²) in [7, 11) is 0. The molecule has 3 N–H and O–H groups in total. The van der Waals surface area contributed by atoms with Crippen LogP contribution in [0.3, 0.4) is 0 Å². The molecular formula is C4H10N2OS. The Hall–Kier alpha value is 0.230. The van der Waals surface area contributed by atoms with E-state index >= 15 is 0 Å². The van der Waals surface area contributed by atoms with Crippen molar-refractivity contribution in [3.63, 3.8) is 0 Å². The summed E-state index contributed by atoms with van der Waals surface area (Å²) in [5.41, 5.74) is 0.170. The highest BCUT2D eigenvalue weighted by Crippen LogP contribution is 2.04. The molecule has 1 heterocycles. The molecule has 0 spiro atoms. The van der Waals surface area contributed by atoms with E-state index in [0.29, 0.717) is 0 Å². The Bertz CT molecular complexity index is 65.1. The minimum absolute atomic E-state index is 0.170. The molecule has 8 heavy (non-hydrogen) atoms. The molecule has 1 atom stereocenters. The minimum atomic E-state index is 0.170. The van der Waals surface area contributed by atoms with E-state index in [4.69, 9.17) is 9.88 Å². The zero-order valence-corrected chi connectivity index (χ0v) is 5.41. The van der Waals surface area contributed by atoms with Crippen molar-refractivity contribution in [1.82, 2.24) is 5.32 Å². The maximum Gasteiger partial charge on any atom is 0.129 e. The molecule has 0 aromatic heterocycles. The first-order valence-electron chi connectivity index (χ1n) is 2.61. The Balaban J connectivity index is 2.13. The predicted octanol–water partition coefficient (Wildman–Crippen LogP) is -0.461. The van der Waals surface area contributed by atoms with Crippen LogP contribution in [0.1, 0.15) is 0 Å². The van der Waals surface area contributed by atoms with Crippen LogP contribution in [0.15, 0.2) is 0 Å². The van der Waals surface area contributed by atoms with E-state index in [1.165, 1.54) is 11.9 Å². The number of nitrogens with one attached hydrogen (secondary N) is 1. The number of nitrogens with two attached hydrogens (primary N) is 1. The molecule has 0 saturated carbocycles. The van der Waals surface area contributed by atoms with Crippen LogP contribution in [-0.4, -0.2) is 25.1 Å². The van der Waals surface area contributed by atoms with Crippen LogP contribution in [0.5, 0.6) is 0 Å². The third-order valence-electron chi connectivity index (χ3n) is 1.05. The highest BCUT2D eigenvalue weighted by Gasteiger charge is 2.10. The van der Waals surface area contributed by atoms with Crippen molar-refractivity contribution in [2.24, 2.45) is 5.14 Å². The molecule has 0 bridgehead atoms. The largest absolute Gasteiger partial charge is 0.364 e. The van der Waals surface area contributed by atoms with Crippen LogP contribution in [-0.2, 0) is 4.74 Å². The Morgan fingerprint density at radius 3 is 3.00 bits per heavy atom. The number of rotatable bonds is 1. The molecule has 0 amide bonds. The van der Waals surface area contributed by atoms with Gasteiger partial charge in [0.15, 0.2) is 0 Å². The smallest absolute Gasteiger partial charge is 0.129 e. The van der Waals surface area contributed by atoms with Gasteiger partial charge >= 0.3 is 0 Å². The summed E-state index contributed by atoms with van der Waals surface area (Å²) in [5.74, 6) is 0. The van der Waals surface area contributed by atoms with E-state index in [1.807, 2.05) is 0 Å². The molecular weight excluding hydrogens is 124 g/mol. The zero-order valence-electron chi connectivity index (χ0n) is 4.59. The van der Waals surface area contributed by atoms with Gasteiger partial charge in [-0.3, -0.25) is 5.14 Å². The third-order valence-corrected chi connectivity index (χ3v) is 1.65. The van der Waals surface area contributed by atoms with E-state index < -0.39 is 0 Å². The Morgan fingerprint density at radius 1 is 1.75 bits per heavy atom. The average Bonchev–Trinajstić information content (AvgIpc) is 1.90. The molecule has 1 rings (SSSR count). The van der Waals surface area contributed by atoms with Gasteiger partial charge in [-0.15, -0.1) is 0 Å². The molecule has 1 aliphatic heterocycles. The predicted molar refractivity (Wildman–Crippen MR) is 34.4 cm³/mol. The molecule has 1 aliphatic rings. The topological polar surface area (TPSA) is 47.3 Å². The summed E-state index contributed by atoms with van der Waals surface area (Å²) in [6, 6.07) is 0. The summed E-state index contributed by atoms with van der Waals surface area (Å²) in [6.45, 7) is 2.62. The van der Waals surface area contributed by atoms with Gasteiger partial charge in [-0.1, -0.05) is 11.9 Å². The minimum Gasteiger partial charge on any atom is -0.364 e. The first-order valence-corrected chi connectivity index (χ1v) is 3.55. The second kappa shape index (κ2) is 3.29. The Labute approximate surface area is 53.1 Å². The van der Waals surface area contributed by atoms with Crippen LogP contribution in [0.4, 0.5) is 0 Å². The molecule has 3 nitrogen and oxygen atoms in total. The lowest BCUT2D eigenvalue weighted by atomic mass is 10.5. The monoisotopic (exact) mass is 134 g/mol. The van der Waals surface area contributed by atoms with Gasteiger partial charge in [0.2, 0.25) is 0 Å². The average molecular weight is 134 g/mol. The Kier molecular flexibility index (Phi) is 2.62. The van der Waals surface area contributed by atoms with Gasteiger partial charge < -0.3 is 10.1 Å². The highest BCUT2D eigenvalue weighted by molar-refractivity contribution is 7.97. The summed E-state index contributed by atoms with van der Waals surface area (Å²) in [4.78, 5) is 0. The van der Waals surface area contributed by atoms with Gasteiger partial charge in [0.1, 0.15) is 5.44 Å². The lowest BCUT2D eigenvalue weighted by Gasteiger charge is -2.20.